The van der Waals surface area contributed by atoms with E-state index in [2.05, 4.69) is 24.8 Å². The Balaban J connectivity index is 1.19. The van der Waals surface area contributed by atoms with Crippen LogP contribution in [0.25, 0.3) is 0 Å². The molecule has 14 heteroatoms. The predicted octanol–water partition coefficient (Wildman–Crippen LogP) is 3.28. The molecule has 2 saturated heterocycles. The van der Waals surface area contributed by atoms with E-state index >= 15 is 0 Å². The van der Waals surface area contributed by atoms with Crippen LogP contribution in [0.3, 0.4) is 0 Å². The van der Waals surface area contributed by atoms with Gasteiger partial charge in [-0.05, 0) is 99.2 Å². The number of hydrogen-bond donors (Lipinski definition) is 2. The molecule has 246 valence electrons. The van der Waals surface area contributed by atoms with Gasteiger partial charge in [0.05, 0.1) is 24.4 Å². The van der Waals surface area contributed by atoms with Crippen LogP contribution < -0.4 is 0 Å². The van der Waals surface area contributed by atoms with Gasteiger partial charge in [-0.1, -0.05) is 25.5 Å². The molecule has 14 nitrogen and oxygen atoms in total. The van der Waals surface area contributed by atoms with Gasteiger partial charge in [0.25, 0.3) is 10.2 Å². The number of allylic oxidation sites excluding steroid dienone is 1. The summed E-state index contributed by atoms with van der Waals surface area (Å²) in [6, 6.07) is 0. The molecule has 13 atom stereocenters. The third-order valence-corrected chi connectivity index (χ3v) is 12.6. The van der Waals surface area contributed by atoms with Crippen molar-refractivity contribution in [1.82, 2.24) is 0 Å². The second-order valence-electron chi connectivity index (χ2n) is 14.4. The molecule has 2 N–H and O–H groups in total. The maximum atomic E-state index is 12.5. The Bertz CT molecular complexity index is 1190. The van der Waals surface area contributed by atoms with Crippen molar-refractivity contribution >= 4 is 5.97 Å². The molecule has 2 aliphatic heterocycles. The van der Waals surface area contributed by atoms with Crippen LogP contribution in [0.2, 0.25) is 0 Å². The highest BCUT2D eigenvalue weighted by Gasteiger charge is 2.67. The maximum absolute atomic E-state index is 12.5. The topological polar surface area (TPSA) is 190 Å². The van der Waals surface area contributed by atoms with Crippen molar-refractivity contribution in [1.29, 1.82) is 0 Å². The number of hydrogen-bond acceptors (Lipinski definition) is 12. The minimum absolute atomic E-state index is 0.129. The summed E-state index contributed by atoms with van der Waals surface area (Å²) in [4.78, 5) is 43.4. The molecule has 0 unspecified atom stereocenters. The Morgan fingerprint density at radius 3 is 2.32 bits per heavy atom. The minimum atomic E-state index is -1.67. The van der Waals surface area contributed by atoms with Gasteiger partial charge in [-0.2, -0.15) is 0 Å². The van der Waals surface area contributed by atoms with E-state index in [9.17, 15) is 35.2 Å². The molecule has 2 heterocycles. The summed E-state index contributed by atoms with van der Waals surface area (Å²) in [7, 11) is 0. The van der Waals surface area contributed by atoms with E-state index < -0.39 is 52.6 Å². The second kappa shape index (κ2) is 11.4. The lowest BCUT2D eigenvalue weighted by molar-refractivity contribution is -0.806. The first kappa shape index (κ1) is 31.4. The van der Waals surface area contributed by atoms with Crippen LogP contribution in [-0.4, -0.2) is 75.4 Å². The Morgan fingerprint density at radius 2 is 1.64 bits per heavy atom. The number of esters is 1. The van der Waals surface area contributed by atoms with E-state index in [-0.39, 0.29) is 34.6 Å². The van der Waals surface area contributed by atoms with Crippen molar-refractivity contribution in [2.75, 3.05) is 6.61 Å². The van der Waals surface area contributed by atoms with Crippen molar-refractivity contribution < 1.29 is 49.1 Å². The summed E-state index contributed by atoms with van der Waals surface area (Å²) in [5, 5.41) is 43.1. The van der Waals surface area contributed by atoms with Gasteiger partial charge in [-0.25, -0.2) is 0 Å². The number of aliphatic hydroxyl groups excluding tert-OH is 1. The molecule has 3 saturated carbocycles. The van der Waals surface area contributed by atoms with E-state index in [1.54, 1.807) is 0 Å². The van der Waals surface area contributed by atoms with E-state index in [1.807, 2.05) is 0 Å². The van der Waals surface area contributed by atoms with E-state index in [4.69, 9.17) is 19.0 Å². The number of nitrogens with zero attached hydrogens (tertiary/aromatic N) is 2. The predicted molar refractivity (Wildman–Crippen MR) is 149 cm³/mol. The van der Waals surface area contributed by atoms with Gasteiger partial charge >= 0.3 is 5.97 Å². The zero-order chi connectivity index (χ0) is 31.6. The Kier molecular flexibility index (Phi) is 8.11. The monoisotopic (exact) mass is 624 g/mol. The van der Waals surface area contributed by atoms with Gasteiger partial charge in [-0.3, -0.25) is 4.79 Å². The molecule has 0 aromatic heterocycles. The maximum Gasteiger partial charge on any atom is 0.305 e. The first-order valence-electron chi connectivity index (χ1n) is 16.0. The fraction of sp³-hybridized carbons (Fsp3) is 0.900. The van der Waals surface area contributed by atoms with Crippen LogP contribution in [0.1, 0.15) is 85.0 Å². The Morgan fingerprint density at radius 1 is 0.932 bits per heavy atom. The van der Waals surface area contributed by atoms with Crippen LogP contribution in [0.4, 0.5) is 0 Å². The van der Waals surface area contributed by atoms with Crippen LogP contribution in [-0.2, 0) is 28.7 Å². The quantitative estimate of drug-likeness (QED) is 0.182. The van der Waals surface area contributed by atoms with Gasteiger partial charge in [0, 0.05) is 6.42 Å². The number of aliphatic hydroxyl groups is 2. The number of rotatable bonds is 7. The molecular weight excluding hydrogens is 580 g/mol. The van der Waals surface area contributed by atoms with E-state index in [0.717, 1.165) is 51.4 Å². The summed E-state index contributed by atoms with van der Waals surface area (Å²) < 4.78 is 17.3. The van der Waals surface area contributed by atoms with Crippen molar-refractivity contribution in [2.24, 2.45) is 34.5 Å². The fourth-order valence-electron chi connectivity index (χ4n) is 10.2. The van der Waals surface area contributed by atoms with Crippen molar-refractivity contribution in [3.8, 4) is 0 Å². The lowest BCUT2D eigenvalue weighted by Gasteiger charge is -2.62. The van der Waals surface area contributed by atoms with Gasteiger partial charge < -0.3 is 34.1 Å². The minimum Gasteiger partial charge on any atom is -0.465 e. The molecule has 0 radical (unpaired) electrons. The standard InChI is InChI=1S/C30H44N2O12/c1-16-24(34)25(43-31(36)37)26(44-32(38)39)27(41-16)42-19-8-11-28(2)18(14-19)5-6-22-21(28)9-12-29(3)20(10-13-30(22,29)35)17-4-7-23(33)40-15-17/h14,16-17,19-22,24-27,34-35H,4-13,15H2,1-3H3/t16-,17+,19-,20+,21-,22+,24-,25+,26+,27-,28-,29+,30-/m0/s1. The number of carbonyl (C=O) groups is 1. The smallest absolute Gasteiger partial charge is 0.305 e. The summed E-state index contributed by atoms with van der Waals surface area (Å²) in [5.41, 5.74) is 0.0674. The molecule has 6 aliphatic rings. The van der Waals surface area contributed by atoms with Crippen LogP contribution in [0, 0.1) is 54.7 Å². The molecule has 5 fully saturated rings. The first-order valence-corrected chi connectivity index (χ1v) is 16.0. The SMILES string of the molecule is C[C@@H]1O[C@@H](O[C@@H]2C=C3CC[C@@H]4[C@H](CC[C@]5(C)[C@@H]([C@@H]6CCC(=O)OC6)CC[C@]45O)[C@@]3(C)CC2)[C@H](O[N+](=O)[O-])[C@H](O[N+](=O)[O-])[C@H]1O. The molecule has 0 spiro atoms. The van der Waals surface area contributed by atoms with Gasteiger partial charge in [0.15, 0.2) is 18.5 Å². The number of carbonyl (C=O) groups excluding carboxylic acids is 1. The van der Waals surface area contributed by atoms with Gasteiger partial charge in [0.1, 0.15) is 6.10 Å². The molecule has 0 bridgehead atoms. The zero-order valence-electron chi connectivity index (χ0n) is 25.5. The second-order valence-corrected chi connectivity index (χ2v) is 14.4. The van der Waals surface area contributed by atoms with Gasteiger partial charge in [0.2, 0.25) is 0 Å². The third-order valence-electron chi connectivity index (χ3n) is 12.6. The zero-order valence-corrected chi connectivity index (χ0v) is 25.5. The molecule has 0 aromatic rings. The van der Waals surface area contributed by atoms with Crippen molar-refractivity contribution in [2.45, 2.75) is 127 Å². The largest absolute Gasteiger partial charge is 0.465 e. The fourth-order valence-corrected chi connectivity index (χ4v) is 10.2. The lowest BCUT2D eigenvalue weighted by atomic mass is 9.44. The number of fused-ring (bicyclic) bond motifs is 5. The number of cyclic esters (lactones) is 1. The average molecular weight is 625 g/mol. The number of ether oxygens (including phenoxy) is 3. The first-order chi connectivity index (χ1) is 20.8. The van der Waals surface area contributed by atoms with E-state index in [1.165, 1.54) is 12.5 Å². The molecule has 0 aromatic carbocycles. The van der Waals surface area contributed by atoms with Crippen molar-refractivity contribution in [3.63, 3.8) is 0 Å². The van der Waals surface area contributed by atoms with Crippen LogP contribution in [0.15, 0.2) is 11.6 Å². The van der Waals surface area contributed by atoms with Crippen LogP contribution >= 0.6 is 0 Å². The molecule has 44 heavy (non-hydrogen) atoms. The molecule has 0 amide bonds. The summed E-state index contributed by atoms with van der Waals surface area (Å²) >= 11 is 0. The normalized spacial score (nSPS) is 48.6. The highest BCUT2D eigenvalue weighted by atomic mass is 17.0. The van der Waals surface area contributed by atoms with Crippen LogP contribution in [0.5, 0.6) is 0 Å². The highest BCUT2D eigenvalue weighted by molar-refractivity contribution is 5.70. The lowest BCUT2D eigenvalue weighted by Crippen LogP contribution is -2.62. The van der Waals surface area contributed by atoms with E-state index in [0.29, 0.717) is 25.4 Å². The van der Waals surface area contributed by atoms with Gasteiger partial charge in [-0.15, -0.1) is 20.2 Å². The molecule has 4 aliphatic carbocycles. The third kappa shape index (κ3) is 5.05. The highest BCUT2D eigenvalue weighted by Crippen LogP contribution is 2.69. The summed E-state index contributed by atoms with van der Waals surface area (Å²) in [6.45, 7) is 6.47. The Labute approximate surface area is 255 Å². The molecule has 6 rings (SSSR count). The molecular formula is C30H44N2O12. The van der Waals surface area contributed by atoms with Crippen molar-refractivity contribution in [3.05, 3.63) is 31.9 Å². The summed E-state index contributed by atoms with van der Waals surface area (Å²) in [5.74, 6) is 0.919. The summed E-state index contributed by atoms with van der Waals surface area (Å²) in [6.07, 6.45) is 2.20. The Hall–Kier alpha value is -2.55. The average Bonchev–Trinajstić information content (AvgIpc) is 3.24.